The molecule has 0 spiro atoms. The van der Waals surface area contributed by atoms with Gasteiger partial charge in [-0.1, -0.05) is 32.4 Å². The zero-order valence-corrected chi connectivity index (χ0v) is 11.8. The van der Waals surface area contributed by atoms with Crippen molar-refractivity contribution in [1.82, 2.24) is 9.97 Å². The molecule has 1 atom stereocenters. The molecule has 0 radical (unpaired) electrons. The fourth-order valence-electron chi connectivity index (χ4n) is 2.16. The maximum Gasteiger partial charge on any atom is 0.137 e. The second-order valence-electron chi connectivity index (χ2n) is 5.81. The van der Waals surface area contributed by atoms with Gasteiger partial charge in [-0.2, -0.15) is 0 Å². The molecule has 0 amide bonds. The van der Waals surface area contributed by atoms with Crippen LogP contribution in [0.4, 0.5) is 5.82 Å². The highest BCUT2D eigenvalue weighted by Gasteiger charge is 2.25. The molecule has 17 heavy (non-hydrogen) atoms. The Hall–Kier alpha value is -0.830. The van der Waals surface area contributed by atoms with Gasteiger partial charge in [-0.25, -0.2) is 9.97 Å². The fraction of sp³-hybridized carbons (Fsp3) is 0.692. The van der Waals surface area contributed by atoms with E-state index in [9.17, 15) is 0 Å². The minimum atomic E-state index is -0.0669. The minimum Gasteiger partial charge on any atom is -0.354 e. The predicted octanol–water partition coefficient (Wildman–Crippen LogP) is 3.42. The summed E-state index contributed by atoms with van der Waals surface area (Å²) >= 11 is 6.10. The molecule has 1 aliphatic rings. The van der Waals surface area contributed by atoms with E-state index in [2.05, 4.69) is 42.6 Å². The van der Waals surface area contributed by atoms with E-state index >= 15 is 0 Å². The maximum atomic E-state index is 6.10. The monoisotopic (exact) mass is 253 g/mol. The summed E-state index contributed by atoms with van der Waals surface area (Å²) in [6, 6.07) is 2.42. The minimum absolute atomic E-state index is 0.0669. The number of hydrogen-bond donors (Lipinski definition) is 0. The molecule has 1 unspecified atom stereocenters. The first kappa shape index (κ1) is 12.6. The molecule has 0 saturated carbocycles. The van der Waals surface area contributed by atoms with Gasteiger partial charge in [-0.05, 0) is 19.8 Å². The number of nitrogens with zero attached hydrogens (tertiary/aromatic N) is 3. The first-order valence-electron chi connectivity index (χ1n) is 6.19. The highest BCUT2D eigenvalue weighted by atomic mass is 35.5. The van der Waals surface area contributed by atoms with Gasteiger partial charge >= 0.3 is 0 Å². The van der Waals surface area contributed by atoms with Crippen LogP contribution in [-0.4, -0.2) is 22.6 Å². The normalized spacial score (nSPS) is 21.0. The van der Waals surface area contributed by atoms with Gasteiger partial charge in [0, 0.05) is 24.1 Å². The molecule has 4 heteroatoms. The van der Waals surface area contributed by atoms with E-state index in [1.807, 2.05) is 6.07 Å². The number of halogens is 1. The van der Waals surface area contributed by atoms with Crippen LogP contribution >= 0.6 is 11.6 Å². The Morgan fingerprint density at radius 1 is 1.35 bits per heavy atom. The maximum absolute atomic E-state index is 6.10. The van der Waals surface area contributed by atoms with Crippen molar-refractivity contribution >= 4 is 17.4 Å². The summed E-state index contributed by atoms with van der Waals surface area (Å²) in [5.41, 5.74) is -0.0669. The molecule has 0 bridgehead atoms. The van der Waals surface area contributed by atoms with Crippen LogP contribution in [0, 0.1) is 0 Å². The van der Waals surface area contributed by atoms with Crippen LogP contribution in [0.5, 0.6) is 0 Å². The van der Waals surface area contributed by atoms with Gasteiger partial charge in [0.25, 0.3) is 0 Å². The molecular weight excluding hydrogens is 234 g/mol. The van der Waals surface area contributed by atoms with Crippen LogP contribution in [0.3, 0.4) is 0 Å². The molecule has 1 fully saturated rings. The van der Waals surface area contributed by atoms with E-state index in [1.165, 1.54) is 12.8 Å². The molecular formula is C13H20ClN3. The average molecular weight is 254 g/mol. The van der Waals surface area contributed by atoms with Gasteiger partial charge in [0.15, 0.2) is 0 Å². The summed E-state index contributed by atoms with van der Waals surface area (Å²) in [5.74, 6) is 1.79. The van der Waals surface area contributed by atoms with Crippen molar-refractivity contribution < 1.29 is 0 Å². The Balaban J connectivity index is 2.38. The SMILES string of the molecule is CC1CCCN1c1cc(Cl)nc(C(C)(C)C)n1. The number of hydrogen-bond acceptors (Lipinski definition) is 3. The van der Waals surface area contributed by atoms with Crippen LogP contribution in [0.25, 0.3) is 0 Å². The second-order valence-corrected chi connectivity index (χ2v) is 6.19. The highest BCUT2D eigenvalue weighted by Crippen LogP contribution is 2.28. The lowest BCUT2D eigenvalue weighted by Crippen LogP contribution is -2.28. The lowest BCUT2D eigenvalue weighted by molar-refractivity contribution is 0.543. The highest BCUT2D eigenvalue weighted by molar-refractivity contribution is 6.29. The molecule has 0 aromatic carbocycles. The molecule has 1 saturated heterocycles. The standard InChI is InChI=1S/C13H20ClN3/c1-9-6-5-7-17(9)11-8-10(14)15-12(16-11)13(2,3)4/h8-9H,5-7H2,1-4H3. The Labute approximate surface area is 108 Å². The lowest BCUT2D eigenvalue weighted by Gasteiger charge is -2.25. The fourth-order valence-corrected chi connectivity index (χ4v) is 2.34. The molecule has 0 aliphatic carbocycles. The van der Waals surface area contributed by atoms with Crippen LogP contribution in [0.2, 0.25) is 5.15 Å². The average Bonchev–Trinajstić information content (AvgIpc) is 2.62. The van der Waals surface area contributed by atoms with E-state index in [0.29, 0.717) is 11.2 Å². The Morgan fingerprint density at radius 3 is 2.59 bits per heavy atom. The molecule has 3 nitrogen and oxygen atoms in total. The Morgan fingerprint density at radius 2 is 2.06 bits per heavy atom. The van der Waals surface area contributed by atoms with Crippen molar-refractivity contribution in [1.29, 1.82) is 0 Å². The quantitative estimate of drug-likeness (QED) is 0.719. The van der Waals surface area contributed by atoms with Crippen molar-refractivity contribution in [3.05, 3.63) is 17.0 Å². The van der Waals surface area contributed by atoms with E-state index in [0.717, 1.165) is 18.2 Å². The number of rotatable bonds is 1. The van der Waals surface area contributed by atoms with Gasteiger partial charge in [0.05, 0.1) is 0 Å². The molecule has 2 rings (SSSR count). The van der Waals surface area contributed by atoms with E-state index in [1.54, 1.807) is 0 Å². The van der Waals surface area contributed by atoms with Gasteiger partial charge in [0.1, 0.15) is 16.8 Å². The number of anilines is 1. The zero-order chi connectivity index (χ0) is 12.6. The Kier molecular flexibility index (Phi) is 3.30. The molecule has 1 aromatic heterocycles. The van der Waals surface area contributed by atoms with Crippen LogP contribution in [-0.2, 0) is 5.41 Å². The van der Waals surface area contributed by atoms with Crippen LogP contribution < -0.4 is 4.90 Å². The third-order valence-corrected chi connectivity index (χ3v) is 3.39. The topological polar surface area (TPSA) is 29.0 Å². The smallest absolute Gasteiger partial charge is 0.137 e. The van der Waals surface area contributed by atoms with Crippen LogP contribution in [0.1, 0.15) is 46.4 Å². The predicted molar refractivity (Wildman–Crippen MR) is 71.8 cm³/mol. The summed E-state index contributed by atoms with van der Waals surface area (Å²) in [6.45, 7) is 9.62. The lowest BCUT2D eigenvalue weighted by atomic mass is 9.96. The summed E-state index contributed by atoms with van der Waals surface area (Å²) in [5, 5.41) is 0.541. The van der Waals surface area contributed by atoms with E-state index < -0.39 is 0 Å². The second kappa shape index (κ2) is 4.45. The van der Waals surface area contributed by atoms with Gasteiger partial charge in [0.2, 0.25) is 0 Å². The van der Waals surface area contributed by atoms with Gasteiger partial charge in [-0.3, -0.25) is 0 Å². The van der Waals surface area contributed by atoms with Crippen LogP contribution in [0.15, 0.2) is 6.07 Å². The number of aromatic nitrogens is 2. The first-order valence-corrected chi connectivity index (χ1v) is 6.57. The van der Waals surface area contributed by atoms with Crippen molar-refractivity contribution in [2.75, 3.05) is 11.4 Å². The third kappa shape index (κ3) is 2.71. The summed E-state index contributed by atoms with van der Waals surface area (Å²) < 4.78 is 0. The molecule has 1 aliphatic heterocycles. The zero-order valence-electron chi connectivity index (χ0n) is 11.0. The summed E-state index contributed by atoms with van der Waals surface area (Å²) in [7, 11) is 0. The van der Waals surface area contributed by atoms with Crippen molar-refractivity contribution in [2.45, 2.75) is 52.0 Å². The molecule has 2 heterocycles. The first-order chi connectivity index (χ1) is 7.88. The van der Waals surface area contributed by atoms with Gasteiger partial charge < -0.3 is 4.90 Å². The van der Waals surface area contributed by atoms with Crippen molar-refractivity contribution in [3.8, 4) is 0 Å². The van der Waals surface area contributed by atoms with E-state index in [4.69, 9.17) is 11.6 Å². The van der Waals surface area contributed by atoms with Crippen molar-refractivity contribution in [3.63, 3.8) is 0 Å². The summed E-state index contributed by atoms with van der Waals surface area (Å²) in [4.78, 5) is 11.3. The third-order valence-electron chi connectivity index (χ3n) is 3.20. The van der Waals surface area contributed by atoms with E-state index in [-0.39, 0.29) is 5.41 Å². The largest absolute Gasteiger partial charge is 0.354 e. The van der Waals surface area contributed by atoms with Gasteiger partial charge in [-0.15, -0.1) is 0 Å². The summed E-state index contributed by atoms with van der Waals surface area (Å²) in [6.07, 6.45) is 2.46. The van der Waals surface area contributed by atoms with Crippen molar-refractivity contribution in [2.24, 2.45) is 0 Å². The molecule has 0 N–H and O–H groups in total. The molecule has 1 aromatic rings. The Bertz CT molecular complexity index is 412. The molecule has 94 valence electrons.